The van der Waals surface area contributed by atoms with Gasteiger partial charge in [0.2, 0.25) is 0 Å². The van der Waals surface area contributed by atoms with E-state index in [0.717, 1.165) is 61.1 Å². The summed E-state index contributed by atoms with van der Waals surface area (Å²) in [6.07, 6.45) is 4.08. The number of aliphatic imine (C=N–C) groups is 1. The van der Waals surface area contributed by atoms with Crippen LogP contribution in [0, 0.1) is 6.92 Å². The fourth-order valence-corrected chi connectivity index (χ4v) is 6.39. The molecule has 10 heteroatoms. The molecule has 210 valence electrons. The summed E-state index contributed by atoms with van der Waals surface area (Å²) in [5.41, 5.74) is 9.50. The van der Waals surface area contributed by atoms with Gasteiger partial charge in [-0.2, -0.15) is 0 Å². The third-order valence-electron chi connectivity index (χ3n) is 8.35. The predicted molar refractivity (Wildman–Crippen MR) is 155 cm³/mol. The average molecular weight is 549 g/mol. The number of nitrogens with two attached hydrogens (primary N) is 1. The standard InChI is InChI=1S/C30H34F2N6O2/c1-17-9-24-26(36(3)30(17)39)12-27(37-15-20-6-7-21(16-37)40-20)35-29(24)38-8-4-5-18-10-22(19(13-33)14-34-2)23(28(31)32)11-25(18)38/h9-14,20-21,28H,4-8,15-16,33H2,1-3H3/b19-13+,34-14?. The summed E-state index contributed by atoms with van der Waals surface area (Å²) >= 11 is 0. The first-order valence-electron chi connectivity index (χ1n) is 13.8. The van der Waals surface area contributed by atoms with Crippen LogP contribution in [0.3, 0.4) is 0 Å². The van der Waals surface area contributed by atoms with E-state index in [9.17, 15) is 13.6 Å². The van der Waals surface area contributed by atoms with Gasteiger partial charge < -0.3 is 24.8 Å². The summed E-state index contributed by atoms with van der Waals surface area (Å²) in [6, 6.07) is 7.24. The van der Waals surface area contributed by atoms with Crippen LogP contribution in [0.25, 0.3) is 16.5 Å². The van der Waals surface area contributed by atoms with Crippen molar-refractivity contribution >= 4 is 40.0 Å². The number of benzene rings is 1. The second kappa shape index (κ2) is 10.3. The molecule has 2 saturated heterocycles. The fraction of sp³-hybridized carbons (Fsp3) is 0.433. The Morgan fingerprint density at radius 3 is 2.62 bits per heavy atom. The number of hydrogen-bond acceptors (Lipinski definition) is 7. The van der Waals surface area contributed by atoms with Crippen LogP contribution >= 0.6 is 0 Å². The lowest BCUT2D eigenvalue weighted by molar-refractivity contribution is 0.0302. The zero-order chi connectivity index (χ0) is 28.1. The van der Waals surface area contributed by atoms with Crippen LogP contribution in [0.15, 0.2) is 40.3 Å². The molecule has 5 heterocycles. The number of alkyl halides is 2. The van der Waals surface area contributed by atoms with Crippen molar-refractivity contribution in [2.45, 2.75) is 51.2 Å². The van der Waals surface area contributed by atoms with Gasteiger partial charge in [0.25, 0.3) is 12.0 Å². The molecule has 2 unspecified atom stereocenters. The number of halogens is 2. The number of anilines is 3. The molecule has 2 bridgehead atoms. The van der Waals surface area contributed by atoms with Gasteiger partial charge in [-0.15, -0.1) is 0 Å². The first-order valence-corrected chi connectivity index (χ1v) is 13.8. The first kappa shape index (κ1) is 26.4. The Balaban J connectivity index is 1.56. The minimum Gasteiger partial charge on any atom is -0.404 e. The van der Waals surface area contributed by atoms with Crippen molar-refractivity contribution in [3.63, 3.8) is 0 Å². The minimum absolute atomic E-state index is 0.0694. The number of hydrogen-bond donors (Lipinski definition) is 1. The second-order valence-corrected chi connectivity index (χ2v) is 10.9. The maximum atomic E-state index is 14.5. The molecule has 0 saturated carbocycles. The van der Waals surface area contributed by atoms with Crippen molar-refractivity contribution in [3.05, 3.63) is 63.1 Å². The van der Waals surface area contributed by atoms with Gasteiger partial charge in [-0.05, 0) is 61.9 Å². The molecule has 8 nitrogen and oxygen atoms in total. The molecule has 6 rings (SSSR count). The normalized spacial score (nSPS) is 21.2. The van der Waals surface area contributed by atoms with Gasteiger partial charge in [0.05, 0.1) is 17.7 Å². The van der Waals surface area contributed by atoms with E-state index in [2.05, 4.69) is 9.89 Å². The van der Waals surface area contributed by atoms with E-state index in [0.29, 0.717) is 34.8 Å². The highest BCUT2D eigenvalue weighted by molar-refractivity contribution is 6.10. The van der Waals surface area contributed by atoms with E-state index in [1.54, 1.807) is 31.7 Å². The van der Waals surface area contributed by atoms with E-state index in [1.807, 2.05) is 23.1 Å². The monoisotopic (exact) mass is 548 g/mol. The van der Waals surface area contributed by atoms with Crippen molar-refractivity contribution in [2.24, 2.45) is 17.8 Å². The number of fused-ring (bicyclic) bond motifs is 4. The van der Waals surface area contributed by atoms with Crippen LogP contribution in [0.1, 0.15) is 47.9 Å². The number of nitrogens with zero attached hydrogens (tertiary/aromatic N) is 5. The highest BCUT2D eigenvalue weighted by Crippen LogP contribution is 2.42. The summed E-state index contributed by atoms with van der Waals surface area (Å²) in [7, 11) is 3.36. The molecular formula is C30H34F2N6O2. The van der Waals surface area contributed by atoms with E-state index in [1.165, 1.54) is 12.4 Å². The topological polar surface area (TPSA) is 89.0 Å². The Bertz CT molecular complexity index is 1590. The maximum Gasteiger partial charge on any atom is 0.264 e. The van der Waals surface area contributed by atoms with Crippen LogP contribution in [-0.2, 0) is 18.2 Å². The van der Waals surface area contributed by atoms with Gasteiger partial charge in [-0.3, -0.25) is 9.79 Å². The predicted octanol–water partition coefficient (Wildman–Crippen LogP) is 4.63. The quantitative estimate of drug-likeness (QED) is 0.468. The van der Waals surface area contributed by atoms with Crippen molar-refractivity contribution in [2.75, 3.05) is 36.5 Å². The lowest BCUT2D eigenvalue weighted by atomic mass is 9.92. The van der Waals surface area contributed by atoms with Crippen molar-refractivity contribution in [3.8, 4) is 0 Å². The molecular weight excluding hydrogens is 514 g/mol. The van der Waals surface area contributed by atoms with Crippen LogP contribution in [0.5, 0.6) is 0 Å². The average Bonchev–Trinajstić information content (AvgIpc) is 3.30. The van der Waals surface area contributed by atoms with Crippen molar-refractivity contribution < 1.29 is 13.5 Å². The van der Waals surface area contributed by atoms with E-state index < -0.39 is 6.43 Å². The van der Waals surface area contributed by atoms with Crippen molar-refractivity contribution in [1.82, 2.24) is 9.55 Å². The second-order valence-electron chi connectivity index (χ2n) is 10.9. The molecule has 2 aromatic heterocycles. The van der Waals surface area contributed by atoms with Gasteiger partial charge in [0.15, 0.2) is 0 Å². The van der Waals surface area contributed by atoms with Crippen LogP contribution in [-0.4, -0.2) is 54.7 Å². The molecule has 2 N–H and O–H groups in total. The number of morpholine rings is 1. The molecule has 3 aromatic rings. The van der Waals surface area contributed by atoms with Crippen LogP contribution in [0.2, 0.25) is 0 Å². The summed E-state index contributed by atoms with van der Waals surface area (Å²) < 4.78 is 36.6. The van der Waals surface area contributed by atoms with E-state index >= 15 is 0 Å². The van der Waals surface area contributed by atoms with Gasteiger partial charge in [-0.1, -0.05) is 0 Å². The lowest BCUT2D eigenvalue weighted by Gasteiger charge is -2.36. The molecule has 2 fully saturated rings. The SMILES string of the molecule is CN=C/C(=C\N)c1cc2c(cc1C(F)F)N(c1nc(N3CC4CCC(C3)O4)cc3c1cc(C)c(=O)n3C)CCC2. The summed E-state index contributed by atoms with van der Waals surface area (Å²) in [4.78, 5) is 26.4. The Labute approximate surface area is 231 Å². The zero-order valence-corrected chi connectivity index (χ0v) is 23.0. The van der Waals surface area contributed by atoms with Crippen molar-refractivity contribution in [1.29, 1.82) is 0 Å². The summed E-state index contributed by atoms with van der Waals surface area (Å²) in [5, 5.41) is 0.816. The Kier molecular flexibility index (Phi) is 6.82. The molecule has 0 amide bonds. The third kappa shape index (κ3) is 4.44. The van der Waals surface area contributed by atoms with Gasteiger partial charge in [-0.25, -0.2) is 13.8 Å². The highest BCUT2D eigenvalue weighted by atomic mass is 19.3. The molecule has 0 spiro atoms. The smallest absolute Gasteiger partial charge is 0.264 e. The number of aromatic nitrogens is 2. The molecule has 2 atom stereocenters. The van der Waals surface area contributed by atoms with E-state index in [-0.39, 0.29) is 23.3 Å². The molecule has 0 radical (unpaired) electrons. The van der Waals surface area contributed by atoms with Gasteiger partial charge >= 0.3 is 0 Å². The molecule has 1 aromatic carbocycles. The van der Waals surface area contributed by atoms with E-state index in [4.69, 9.17) is 15.5 Å². The molecule has 40 heavy (non-hydrogen) atoms. The maximum absolute atomic E-state index is 14.5. The first-order chi connectivity index (χ1) is 19.3. The van der Waals surface area contributed by atoms with Gasteiger partial charge in [0, 0.05) is 80.0 Å². The summed E-state index contributed by atoms with van der Waals surface area (Å²) in [5.74, 6) is 1.44. The minimum atomic E-state index is -2.70. The number of pyridine rings is 2. The molecule has 3 aliphatic rings. The highest BCUT2D eigenvalue weighted by Gasteiger charge is 2.35. The Morgan fingerprint density at radius 2 is 1.95 bits per heavy atom. The number of ether oxygens (including phenoxy) is 1. The number of aryl methyl sites for hydroxylation is 3. The third-order valence-corrected chi connectivity index (χ3v) is 8.35. The largest absolute Gasteiger partial charge is 0.404 e. The number of rotatable bonds is 5. The van der Waals surface area contributed by atoms with Crippen LogP contribution < -0.4 is 21.1 Å². The zero-order valence-electron chi connectivity index (χ0n) is 23.0. The fourth-order valence-electron chi connectivity index (χ4n) is 6.39. The Morgan fingerprint density at radius 1 is 1.20 bits per heavy atom. The molecule has 3 aliphatic heterocycles. The lowest BCUT2D eigenvalue weighted by Crippen LogP contribution is -2.43. The number of allylic oxidation sites excluding steroid dienone is 1. The van der Waals surface area contributed by atoms with Crippen LogP contribution in [0.4, 0.5) is 26.1 Å². The summed E-state index contributed by atoms with van der Waals surface area (Å²) in [6.45, 7) is 3.88. The van der Waals surface area contributed by atoms with Gasteiger partial charge in [0.1, 0.15) is 11.6 Å². The Hall–Kier alpha value is -3.79. The molecule has 0 aliphatic carbocycles.